The van der Waals surface area contributed by atoms with Crippen LogP contribution in [0.4, 0.5) is 11.8 Å². The van der Waals surface area contributed by atoms with E-state index in [4.69, 9.17) is 4.42 Å². The third-order valence-corrected chi connectivity index (χ3v) is 3.52. The lowest BCUT2D eigenvalue weighted by Gasteiger charge is -2.16. The second-order valence-electron chi connectivity index (χ2n) is 5.43. The summed E-state index contributed by atoms with van der Waals surface area (Å²) in [5.41, 5.74) is 2.12. The molecular weight excluding hydrogens is 288 g/mol. The van der Waals surface area contributed by atoms with Crippen LogP contribution < -0.4 is 10.6 Å². The summed E-state index contributed by atoms with van der Waals surface area (Å²) in [6, 6.07) is 16.2. The molecule has 0 radical (unpaired) electrons. The van der Waals surface area contributed by atoms with Crippen LogP contribution in [0.2, 0.25) is 0 Å². The molecule has 0 aliphatic carbocycles. The fourth-order valence-corrected chi connectivity index (χ4v) is 2.35. The Hall–Kier alpha value is -2.82. The van der Waals surface area contributed by atoms with E-state index in [-0.39, 0.29) is 6.04 Å². The van der Waals surface area contributed by atoms with Crippen molar-refractivity contribution in [1.29, 1.82) is 0 Å². The second-order valence-corrected chi connectivity index (χ2v) is 5.43. The van der Waals surface area contributed by atoms with Crippen molar-refractivity contribution in [2.45, 2.75) is 26.4 Å². The Kier molecular flexibility index (Phi) is 4.57. The van der Waals surface area contributed by atoms with Gasteiger partial charge < -0.3 is 15.1 Å². The summed E-state index contributed by atoms with van der Waals surface area (Å²) in [5.74, 6) is 2.24. The van der Waals surface area contributed by atoms with Gasteiger partial charge in [-0.25, -0.2) is 4.98 Å². The minimum absolute atomic E-state index is 0.170. The third kappa shape index (κ3) is 4.10. The van der Waals surface area contributed by atoms with E-state index in [1.54, 1.807) is 6.26 Å². The van der Waals surface area contributed by atoms with Gasteiger partial charge in [0, 0.05) is 17.8 Å². The predicted molar refractivity (Wildman–Crippen MR) is 91.3 cm³/mol. The molecule has 0 spiro atoms. The zero-order chi connectivity index (χ0) is 16.1. The van der Waals surface area contributed by atoms with Gasteiger partial charge in [-0.2, -0.15) is 4.98 Å². The second kappa shape index (κ2) is 6.96. The fraction of sp³-hybridized carbons (Fsp3) is 0.222. The summed E-state index contributed by atoms with van der Waals surface area (Å²) >= 11 is 0. The largest absolute Gasteiger partial charge is 0.467 e. The van der Waals surface area contributed by atoms with E-state index >= 15 is 0 Å². The Bertz CT molecular complexity index is 741. The maximum absolute atomic E-state index is 5.30. The third-order valence-electron chi connectivity index (χ3n) is 3.52. The highest BCUT2D eigenvalue weighted by Crippen LogP contribution is 2.19. The SMILES string of the molecule is Cc1cc(NC(C)c2ccccc2)nc(NCc2ccco2)n1. The molecule has 1 atom stereocenters. The van der Waals surface area contributed by atoms with Gasteiger partial charge in [0.05, 0.1) is 12.8 Å². The summed E-state index contributed by atoms with van der Waals surface area (Å²) in [7, 11) is 0. The van der Waals surface area contributed by atoms with E-state index in [2.05, 4.69) is 39.7 Å². The van der Waals surface area contributed by atoms with Crippen LogP contribution in [0.5, 0.6) is 0 Å². The average Bonchev–Trinajstić information content (AvgIpc) is 3.07. The molecule has 2 heterocycles. The van der Waals surface area contributed by atoms with Crippen LogP contribution in [0.15, 0.2) is 59.2 Å². The smallest absolute Gasteiger partial charge is 0.225 e. The number of aryl methyl sites for hydroxylation is 1. The Labute approximate surface area is 135 Å². The molecule has 1 unspecified atom stereocenters. The molecule has 0 saturated carbocycles. The van der Waals surface area contributed by atoms with Crippen LogP contribution >= 0.6 is 0 Å². The van der Waals surface area contributed by atoms with Crippen molar-refractivity contribution in [3.05, 3.63) is 71.8 Å². The monoisotopic (exact) mass is 308 g/mol. The zero-order valence-electron chi connectivity index (χ0n) is 13.3. The van der Waals surface area contributed by atoms with E-state index in [0.717, 1.165) is 17.3 Å². The maximum Gasteiger partial charge on any atom is 0.225 e. The van der Waals surface area contributed by atoms with Crippen LogP contribution in [0.1, 0.15) is 30.0 Å². The highest BCUT2D eigenvalue weighted by molar-refractivity contribution is 5.44. The molecule has 2 N–H and O–H groups in total. The van der Waals surface area contributed by atoms with Crippen LogP contribution in [0.25, 0.3) is 0 Å². The molecule has 1 aromatic carbocycles. The number of hydrogen-bond donors (Lipinski definition) is 2. The van der Waals surface area contributed by atoms with Crippen molar-refractivity contribution in [2.24, 2.45) is 0 Å². The molecule has 3 rings (SSSR count). The van der Waals surface area contributed by atoms with Crippen LogP contribution in [0, 0.1) is 6.92 Å². The quantitative estimate of drug-likeness (QED) is 0.716. The van der Waals surface area contributed by atoms with Gasteiger partial charge in [-0.1, -0.05) is 30.3 Å². The predicted octanol–water partition coefficient (Wildman–Crippen LogP) is 4.16. The van der Waals surface area contributed by atoms with Crippen molar-refractivity contribution in [2.75, 3.05) is 10.6 Å². The first-order valence-corrected chi connectivity index (χ1v) is 7.64. The van der Waals surface area contributed by atoms with E-state index in [1.807, 2.05) is 43.3 Å². The molecule has 0 saturated heterocycles. The molecule has 2 aromatic heterocycles. The molecule has 118 valence electrons. The summed E-state index contributed by atoms with van der Waals surface area (Å²) < 4.78 is 5.30. The molecule has 0 bridgehead atoms. The molecule has 0 aliphatic heterocycles. The van der Waals surface area contributed by atoms with Gasteiger partial charge in [0.1, 0.15) is 11.6 Å². The highest BCUT2D eigenvalue weighted by Gasteiger charge is 2.08. The number of hydrogen-bond acceptors (Lipinski definition) is 5. The zero-order valence-corrected chi connectivity index (χ0v) is 13.3. The first-order chi connectivity index (χ1) is 11.2. The Balaban J connectivity index is 1.70. The van der Waals surface area contributed by atoms with Gasteiger partial charge >= 0.3 is 0 Å². The van der Waals surface area contributed by atoms with Gasteiger partial charge in [0.15, 0.2) is 0 Å². The summed E-state index contributed by atoms with van der Waals surface area (Å²) in [5, 5.41) is 6.60. The van der Waals surface area contributed by atoms with Gasteiger partial charge in [-0.3, -0.25) is 0 Å². The standard InChI is InChI=1S/C18H20N4O/c1-13-11-17(21-14(2)15-7-4-3-5-8-15)22-18(20-13)19-12-16-9-6-10-23-16/h3-11,14H,12H2,1-2H3,(H2,19,20,21,22). The normalized spacial score (nSPS) is 11.9. The lowest BCUT2D eigenvalue weighted by atomic mass is 10.1. The first kappa shape index (κ1) is 15.1. The summed E-state index contributed by atoms with van der Waals surface area (Å²) in [4.78, 5) is 8.93. The molecule has 5 heteroatoms. The van der Waals surface area contributed by atoms with Crippen LogP contribution in [-0.2, 0) is 6.54 Å². The van der Waals surface area contributed by atoms with Crippen molar-refractivity contribution in [3.63, 3.8) is 0 Å². The number of nitrogens with one attached hydrogen (secondary N) is 2. The topological polar surface area (TPSA) is 63.0 Å². The minimum atomic E-state index is 0.170. The first-order valence-electron chi connectivity index (χ1n) is 7.64. The Morgan fingerprint density at radius 2 is 1.91 bits per heavy atom. The van der Waals surface area contributed by atoms with E-state index in [1.165, 1.54) is 5.56 Å². The molecular formula is C18H20N4O. The van der Waals surface area contributed by atoms with Gasteiger partial charge in [-0.15, -0.1) is 0 Å². The maximum atomic E-state index is 5.30. The van der Waals surface area contributed by atoms with Crippen LogP contribution in [-0.4, -0.2) is 9.97 Å². The number of rotatable bonds is 6. The molecule has 23 heavy (non-hydrogen) atoms. The number of furan rings is 1. The van der Waals surface area contributed by atoms with E-state index in [0.29, 0.717) is 12.5 Å². The number of anilines is 2. The molecule has 0 aliphatic rings. The van der Waals surface area contributed by atoms with Crippen molar-refractivity contribution < 1.29 is 4.42 Å². The van der Waals surface area contributed by atoms with Gasteiger partial charge in [-0.05, 0) is 31.5 Å². The molecule has 0 fully saturated rings. The Morgan fingerprint density at radius 3 is 2.65 bits per heavy atom. The van der Waals surface area contributed by atoms with E-state index < -0.39 is 0 Å². The average molecular weight is 308 g/mol. The molecule has 5 nitrogen and oxygen atoms in total. The van der Waals surface area contributed by atoms with Gasteiger partial charge in [0.25, 0.3) is 0 Å². The van der Waals surface area contributed by atoms with Crippen molar-refractivity contribution in [3.8, 4) is 0 Å². The summed E-state index contributed by atoms with van der Waals surface area (Å²) in [6.07, 6.45) is 1.66. The van der Waals surface area contributed by atoms with Crippen molar-refractivity contribution in [1.82, 2.24) is 9.97 Å². The fourth-order valence-electron chi connectivity index (χ4n) is 2.35. The summed E-state index contributed by atoms with van der Waals surface area (Å²) in [6.45, 7) is 4.63. The minimum Gasteiger partial charge on any atom is -0.467 e. The Morgan fingerprint density at radius 1 is 1.09 bits per heavy atom. The molecule has 3 aromatic rings. The molecule has 0 amide bonds. The number of nitrogens with zero attached hydrogens (tertiary/aromatic N) is 2. The number of benzene rings is 1. The van der Waals surface area contributed by atoms with Crippen molar-refractivity contribution >= 4 is 11.8 Å². The van der Waals surface area contributed by atoms with Gasteiger partial charge in [0.2, 0.25) is 5.95 Å². The lowest BCUT2D eigenvalue weighted by Crippen LogP contribution is -2.10. The number of aromatic nitrogens is 2. The van der Waals surface area contributed by atoms with E-state index in [9.17, 15) is 0 Å². The lowest BCUT2D eigenvalue weighted by molar-refractivity contribution is 0.517. The van der Waals surface area contributed by atoms with Crippen LogP contribution in [0.3, 0.4) is 0 Å². The highest BCUT2D eigenvalue weighted by atomic mass is 16.3.